The third kappa shape index (κ3) is 2.87. The van der Waals surface area contributed by atoms with Crippen LogP contribution in [0.15, 0.2) is 41.2 Å². The summed E-state index contributed by atoms with van der Waals surface area (Å²) in [5.41, 5.74) is 3.13. The van der Waals surface area contributed by atoms with Gasteiger partial charge in [-0.25, -0.2) is 5.84 Å². The minimum Gasteiger partial charge on any atom is -0.493 e. The zero-order valence-corrected chi connectivity index (χ0v) is 12.6. The van der Waals surface area contributed by atoms with E-state index in [-0.39, 0.29) is 11.1 Å². The van der Waals surface area contributed by atoms with E-state index in [4.69, 9.17) is 10.6 Å². The molecule has 3 N–H and O–H groups in total. The van der Waals surface area contributed by atoms with Crippen LogP contribution in [0, 0.1) is 0 Å². The molecule has 6 heteroatoms. The van der Waals surface area contributed by atoms with Crippen LogP contribution in [0.5, 0.6) is 5.75 Å². The Labute approximate surface area is 128 Å². The van der Waals surface area contributed by atoms with Gasteiger partial charge in [-0.15, -0.1) is 0 Å². The molecule has 0 saturated heterocycles. The lowest BCUT2D eigenvalue weighted by atomic mass is 10.1. The number of aromatic nitrogens is 1. The first-order chi connectivity index (χ1) is 10.6. The third-order valence-corrected chi connectivity index (χ3v) is 3.33. The number of hydrogen-bond acceptors (Lipinski definition) is 4. The van der Waals surface area contributed by atoms with E-state index in [0.717, 1.165) is 5.56 Å². The molecule has 22 heavy (non-hydrogen) atoms. The van der Waals surface area contributed by atoms with Gasteiger partial charge in [-0.1, -0.05) is 12.1 Å². The van der Waals surface area contributed by atoms with Gasteiger partial charge in [0.05, 0.1) is 12.3 Å². The number of pyridine rings is 1. The summed E-state index contributed by atoms with van der Waals surface area (Å²) in [6, 6.07) is 10.7. The van der Waals surface area contributed by atoms with Crippen LogP contribution in [0.2, 0.25) is 0 Å². The number of hydrogen-bond donors (Lipinski definition) is 2. The summed E-state index contributed by atoms with van der Waals surface area (Å²) in [6.45, 7) is 4.71. The first kappa shape index (κ1) is 15.8. The molecular weight excluding hydrogens is 282 g/mol. The SMILES string of the molecule is CCOc1ccccc1-c1ccc(C(=O)NN)c(=O)n1CC. The molecule has 0 unspecified atom stereocenters. The zero-order chi connectivity index (χ0) is 16.1. The number of para-hydroxylation sites is 1. The molecule has 0 fully saturated rings. The maximum atomic E-state index is 12.5. The number of hydrazine groups is 1. The first-order valence-electron chi connectivity index (χ1n) is 7.11. The monoisotopic (exact) mass is 301 g/mol. The number of carbonyl (C=O) groups is 1. The number of nitrogens with one attached hydrogen (secondary N) is 1. The minimum atomic E-state index is -0.600. The van der Waals surface area contributed by atoms with Crippen molar-refractivity contribution in [3.8, 4) is 17.0 Å². The maximum absolute atomic E-state index is 12.5. The van der Waals surface area contributed by atoms with Gasteiger partial charge in [0.15, 0.2) is 0 Å². The highest BCUT2D eigenvalue weighted by molar-refractivity contribution is 5.93. The van der Waals surface area contributed by atoms with E-state index in [1.54, 1.807) is 6.07 Å². The summed E-state index contributed by atoms with van der Waals surface area (Å²) in [5, 5.41) is 0. The molecule has 2 aromatic rings. The summed E-state index contributed by atoms with van der Waals surface area (Å²) in [5.74, 6) is 5.21. The van der Waals surface area contributed by atoms with Crippen molar-refractivity contribution >= 4 is 5.91 Å². The van der Waals surface area contributed by atoms with Gasteiger partial charge >= 0.3 is 0 Å². The molecular formula is C16H19N3O3. The van der Waals surface area contributed by atoms with E-state index in [1.165, 1.54) is 10.6 Å². The minimum absolute atomic E-state index is 0.0157. The van der Waals surface area contributed by atoms with Crippen LogP contribution in [-0.4, -0.2) is 17.1 Å². The molecule has 6 nitrogen and oxygen atoms in total. The van der Waals surface area contributed by atoms with E-state index in [2.05, 4.69) is 0 Å². The average molecular weight is 301 g/mol. The fourth-order valence-electron chi connectivity index (χ4n) is 2.34. The highest BCUT2D eigenvalue weighted by Crippen LogP contribution is 2.29. The average Bonchev–Trinajstić information content (AvgIpc) is 2.54. The molecule has 1 heterocycles. The van der Waals surface area contributed by atoms with Gasteiger partial charge in [-0.05, 0) is 38.1 Å². The molecule has 0 saturated carbocycles. The van der Waals surface area contributed by atoms with E-state index >= 15 is 0 Å². The Balaban J connectivity index is 2.65. The van der Waals surface area contributed by atoms with Crippen molar-refractivity contribution in [2.75, 3.05) is 6.61 Å². The molecule has 1 amide bonds. The number of carbonyl (C=O) groups excluding carboxylic acids is 1. The van der Waals surface area contributed by atoms with Crippen LogP contribution >= 0.6 is 0 Å². The van der Waals surface area contributed by atoms with Gasteiger partial charge in [-0.2, -0.15) is 0 Å². The Morgan fingerprint density at radius 2 is 1.95 bits per heavy atom. The molecule has 1 aromatic carbocycles. The lowest BCUT2D eigenvalue weighted by Gasteiger charge is -2.15. The number of nitrogen functional groups attached to an aromatic ring is 1. The fourth-order valence-corrected chi connectivity index (χ4v) is 2.34. The number of nitrogens with zero attached hydrogens (tertiary/aromatic N) is 1. The van der Waals surface area contributed by atoms with Crippen molar-refractivity contribution in [2.24, 2.45) is 5.84 Å². The molecule has 2 rings (SSSR count). The normalized spacial score (nSPS) is 10.3. The van der Waals surface area contributed by atoms with Crippen molar-refractivity contribution < 1.29 is 9.53 Å². The van der Waals surface area contributed by atoms with Crippen molar-refractivity contribution in [1.82, 2.24) is 9.99 Å². The zero-order valence-electron chi connectivity index (χ0n) is 12.6. The van der Waals surface area contributed by atoms with Gasteiger partial charge in [0.1, 0.15) is 11.3 Å². The van der Waals surface area contributed by atoms with E-state index in [1.807, 2.05) is 43.5 Å². The van der Waals surface area contributed by atoms with Gasteiger partial charge in [0.2, 0.25) is 0 Å². The summed E-state index contributed by atoms with van der Waals surface area (Å²) in [7, 11) is 0. The number of amides is 1. The lowest BCUT2D eigenvalue weighted by Crippen LogP contribution is -2.36. The molecule has 0 atom stereocenters. The van der Waals surface area contributed by atoms with Crippen LogP contribution in [0.4, 0.5) is 0 Å². The van der Waals surface area contributed by atoms with E-state index in [0.29, 0.717) is 24.6 Å². The highest BCUT2D eigenvalue weighted by atomic mass is 16.5. The first-order valence-corrected chi connectivity index (χ1v) is 7.11. The molecule has 0 aliphatic heterocycles. The number of benzene rings is 1. The van der Waals surface area contributed by atoms with Crippen LogP contribution in [0.1, 0.15) is 24.2 Å². The number of nitrogens with two attached hydrogens (primary N) is 1. The third-order valence-electron chi connectivity index (χ3n) is 3.33. The van der Waals surface area contributed by atoms with Crippen LogP contribution < -0.4 is 21.6 Å². The largest absolute Gasteiger partial charge is 0.493 e. The molecule has 116 valence electrons. The standard InChI is InChI=1S/C16H19N3O3/c1-3-19-13(10-9-12(16(19)21)15(20)18-17)11-7-5-6-8-14(11)22-4-2/h5-10H,3-4,17H2,1-2H3,(H,18,20). The van der Waals surface area contributed by atoms with Crippen LogP contribution in [0.3, 0.4) is 0 Å². The summed E-state index contributed by atoms with van der Waals surface area (Å²) >= 11 is 0. The van der Waals surface area contributed by atoms with Gasteiger partial charge in [0, 0.05) is 12.1 Å². The summed E-state index contributed by atoms with van der Waals surface area (Å²) < 4.78 is 7.15. The predicted molar refractivity (Wildman–Crippen MR) is 84.6 cm³/mol. The second kappa shape index (κ2) is 6.91. The summed E-state index contributed by atoms with van der Waals surface area (Å²) in [4.78, 5) is 24.1. The van der Waals surface area contributed by atoms with Crippen LogP contribution in [0.25, 0.3) is 11.3 Å². The van der Waals surface area contributed by atoms with E-state index in [9.17, 15) is 9.59 Å². The van der Waals surface area contributed by atoms with Crippen LogP contribution in [-0.2, 0) is 6.54 Å². The molecule has 0 spiro atoms. The Morgan fingerprint density at radius 1 is 1.23 bits per heavy atom. The summed E-state index contributed by atoms with van der Waals surface area (Å²) in [6.07, 6.45) is 0. The maximum Gasteiger partial charge on any atom is 0.270 e. The Hall–Kier alpha value is -2.60. The van der Waals surface area contributed by atoms with Crippen molar-refractivity contribution in [1.29, 1.82) is 0 Å². The molecule has 1 aromatic heterocycles. The predicted octanol–water partition coefficient (Wildman–Crippen LogP) is 1.54. The highest BCUT2D eigenvalue weighted by Gasteiger charge is 2.16. The number of ether oxygens (including phenoxy) is 1. The smallest absolute Gasteiger partial charge is 0.270 e. The Bertz CT molecular complexity index is 738. The van der Waals surface area contributed by atoms with Gasteiger partial charge < -0.3 is 9.30 Å². The number of rotatable bonds is 5. The topological polar surface area (TPSA) is 86.3 Å². The van der Waals surface area contributed by atoms with Crippen molar-refractivity contribution in [2.45, 2.75) is 20.4 Å². The van der Waals surface area contributed by atoms with Gasteiger partial charge in [0.25, 0.3) is 11.5 Å². The second-order valence-corrected chi connectivity index (χ2v) is 4.58. The van der Waals surface area contributed by atoms with Gasteiger partial charge in [-0.3, -0.25) is 15.0 Å². The molecule has 0 aliphatic carbocycles. The molecule has 0 radical (unpaired) electrons. The quantitative estimate of drug-likeness (QED) is 0.498. The Kier molecular flexibility index (Phi) is 4.95. The lowest BCUT2D eigenvalue weighted by molar-refractivity contribution is 0.0951. The van der Waals surface area contributed by atoms with Crippen molar-refractivity contribution in [3.63, 3.8) is 0 Å². The molecule has 0 bridgehead atoms. The van der Waals surface area contributed by atoms with E-state index < -0.39 is 5.91 Å². The fraction of sp³-hybridized carbons (Fsp3) is 0.250. The second-order valence-electron chi connectivity index (χ2n) is 4.58. The van der Waals surface area contributed by atoms with Crippen molar-refractivity contribution in [3.05, 3.63) is 52.3 Å². The molecule has 0 aliphatic rings. The Morgan fingerprint density at radius 3 is 2.59 bits per heavy atom.